The van der Waals surface area contributed by atoms with Gasteiger partial charge in [-0.1, -0.05) is 158 Å². The second-order valence-electron chi connectivity index (χ2n) is 12.5. The molecule has 0 saturated carbocycles. The molecule has 0 radical (unpaired) electrons. The van der Waals surface area contributed by atoms with Crippen molar-refractivity contribution in [2.45, 2.75) is 0 Å². The minimum Gasteiger partial charge on any atom is -0.134 e. The van der Waals surface area contributed by atoms with Gasteiger partial charge in [-0.3, -0.25) is 0 Å². The van der Waals surface area contributed by atoms with E-state index in [4.69, 9.17) is 0 Å². The van der Waals surface area contributed by atoms with Crippen molar-refractivity contribution >= 4 is 74.6 Å². The molecule has 9 aromatic carbocycles. The Morgan fingerprint density at radius 3 is 1.49 bits per heavy atom. The van der Waals surface area contributed by atoms with Gasteiger partial charge in [-0.05, 0) is 88.6 Å². The van der Waals surface area contributed by atoms with Crippen molar-refractivity contribution in [1.29, 1.82) is 0 Å². The van der Waals surface area contributed by atoms with Crippen LogP contribution in [0.4, 0.5) is 0 Å². The third-order valence-electron chi connectivity index (χ3n) is 9.86. The fraction of sp³-hybridized carbons (Fsp3) is 0. The second kappa shape index (κ2) is 10.4. The van der Waals surface area contributed by atoms with Crippen LogP contribution in [0.15, 0.2) is 170 Å². The van der Waals surface area contributed by atoms with Crippen molar-refractivity contribution < 1.29 is 0 Å². The zero-order valence-electron chi connectivity index (χ0n) is 25.6. The molecule has 1 heteroatoms. The van der Waals surface area contributed by atoms with Gasteiger partial charge in [0.05, 0.1) is 0 Å². The summed E-state index contributed by atoms with van der Waals surface area (Å²) in [6, 6.07) is 62.6. The fourth-order valence-corrected chi connectivity index (χ4v) is 8.93. The number of rotatable bonds is 3. The number of thiophene rings is 1. The van der Waals surface area contributed by atoms with Crippen LogP contribution < -0.4 is 0 Å². The maximum absolute atomic E-state index is 2.38. The van der Waals surface area contributed by atoms with Gasteiger partial charge in [-0.15, -0.1) is 11.3 Å². The number of benzene rings is 9. The first-order valence-corrected chi connectivity index (χ1v) is 17.0. The molecule has 47 heavy (non-hydrogen) atoms. The lowest BCUT2D eigenvalue weighted by molar-refractivity contribution is 1.59. The van der Waals surface area contributed by atoms with Gasteiger partial charge in [0.2, 0.25) is 0 Å². The first kappa shape index (κ1) is 26.5. The Morgan fingerprint density at radius 1 is 0.255 bits per heavy atom. The van der Waals surface area contributed by atoms with Gasteiger partial charge in [-0.2, -0.15) is 0 Å². The molecule has 218 valence electrons. The van der Waals surface area contributed by atoms with E-state index in [1.165, 1.54) is 96.6 Å². The molecule has 0 unspecified atom stereocenters. The van der Waals surface area contributed by atoms with Crippen molar-refractivity contribution in [3.05, 3.63) is 170 Å². The zero-order chi connectivity index (χ0) is 30.9. The van der Waals surface area contributed by atoms with Gasteiger partial charge in [0, 0.05) is 20.2 Å². The van der Waals surface area contributed by atoms with Crippen molar-refractivity contribution in [2.75, 3.05) is 0 Å². The van der Waals surface area contributed by atoms with Gasteiger partial charge >= 0.3 is 0 Å². The summed E-state index contributed by atoms with van der Waals surface area (Å²) in [6.45, 7) is 0. The highest BCUT2D eigenvalue weighted by Gasteiger charge is 2.13. The predicted octanol–water partition coefficient (Wildman–Crippen LogP) is 13.7. The monoisotopic (exact) mass is 612 g/mol. The van der Waals surface area contributed by atoms with Crippen molar-refractivity contribution in [3.8, 4) is 33.4 Å². The molecular weight excluding hydrogens is 585 g/mol. The summed E-state index contributed by atoms with van der Waals surface area (Å²) in [7, 11) is 0. The van der Waals surface area contributed by atoms with Crippen LogP contribution in [-0.2, 0) is 0 Å². The average Bonchev–Trinajstić information content (AvgIpc) is 3.55. The number of fused-ring (bicyclic) bond motifs is 11. The Balaban J connectivity index is 1.05. The lowest BCUT2D eigenvalue weighted by Crippen LogP contribution is -1.86. The number of hydrogen-bond acceptors (Lipinski definition) is 1. The van der Waals surface area contributed by atoms with E-state index in [0.717, 1.165) is 0 Å². The topological polar surface area (TPSA) is 0 Å². The normalized spacial score (nSPS) is 11.8. The quantitative estimate of drug-likeness (QED) is 0.174. The van der Waals surface area contributed by atoms with E-state index >= 15 is 0 Å². The zero-order valence-corrected chi connectivity index (χ0v) is 26.4. The van der Waals surface area contributed by atoms with E-state index < -0.39 is 0 Å². The van der Waals surface area contributed by atoms with E-state index in [1.807, 2.05) is 11.3 Å². The van der Waals surface area contributed by atoms with Gasteiger partial charge < -0.3 is 0 Å². The fourth-order valence-electron chi connectivity index (χ4n) is 7.56. The molecule has 0 atom stereocenters. The summed E-state index contributed by atoms with van der Waals surface area (Å²) in [5, 5.41) is 13.1. The van der Waals surface area contributed by atoms with Gasteiger partial charge in [0.25, 0.3) is 0 Å². The molecule has 0 nitrogen and oxygen atoms in total. The molecule has 0 bridgehead atoms. The Labute approximate surface area is 276 Å². The molecule has 0 fully saturated rings. The van der Waals surface area contributed by atoms with Crippen LogP contribution in [-0.4, -0.2) is 0 Å². The molecule has 0 aliphatic rings. The highest BCUT2D eigenvalue weighted by atomic mass is 32.1. The van der Waals surface area contributed by atoms with Crippen molar-refractivity contribution in [2.24, 2.45) is 0 Å². The molecular formula is C46H28S. The van der Waals surface area contributed by atoms with Crippen LogP contribution in [0.3, 0.4) is 0 Å². The summed E-state index contributed by atoms with van der Waals surface area (Å²) >= 11 is 1.91. The Morgan fingerprint density at radius 2 is 0.745 bits per heavy atom. The summed E-state index contributed by atoms with van der Waals surface area (Å²) in [5.74, 6) is 0. The summed E-state index contributed by atoms with van der Waals surface area (Å²) in [4.78, 5) is 0. The molecule has 1 aromatic heterocycles. The van der Waals surface area contributed by atoms with E-state index in [0.29, 0.717) is 0 Å². The minimum absolute atomic E-state index is 1.22. The van der Waals surface area contributed by atoms with E-state index in [1.54, 1.807) is 0 Å². The highest BCUT2D eigenvalue weighted by molar-refractivity contribution is 7.27. The molecule has 0 saturated heterocycles. The van der Waals surface area contributed by atoms with Crippen LogP contribution in [0, 0.1) is 0 Å². The first-order valence-electron chi connectivity index (χ1n) is 16.2. The van der Waals surface area contributed by atoms with E-state index in [-0.39, 0.29) is 0 Å². The molecule has 10 aromatic rings. The van der Waals surface area contributed by atoms with Crippen molar-refractivity contribution in [1.82, 2.24) is 0 Å². The largest absolute Gasteiger partial charge is 0.134 e. The standard InChI is InChI=1S/C46H28S/c1-2-12-35-30(9-1)23-26-43-42-18-8-17-36(45(42)47-46(35)43)31-21-19-29(20-22-31)32-10-7-11-33(27-32)34-24-25-41-39-15-4-3-13-37(39)38-14-5-6-16-40(38)44(41)28-34/h1-28H. The first-order chi connectivity index (χ1) is 23.3. The maximum atomic E-state index is 2.38. The van der Waals surface area contributed by atoms with Crippen LogP contribution in [0.25, 0.3) is 96.6 Å². The molecule has 0 spiro atoms. The van der Waals surface area contributed by atoms with Crippen LogP contribution in [0.1, 0.15) is 0 Å². The average molecular weight is 613 g/mol. The lowest BCUT2D eigenvalue weighted by Gasteiger charge is -2.13. The van der Waals surface area contributed by atoms with Crippen molar-refractivity contribution in [3.63, 3.8) is 0 Å². The Bertz CT molecular complexity index is 2800. The molecule has 0 aliphatic carbocycles. The third-order valence-corrected chi connectivity index (χ3v) is 11.1. The molecule has 10 rings (SSSR count). The second-order valence-corrected chi connectivity index (χ2v) is 13.5. The molecule has 1 heterocycles. The Kier molecular flexibility index (Phi) is 5.85. The predicted molar refractivity (Wildman–Crippen MR) is 206 cm³/mol. The van der Waals surface area contributed by atoms with E-state index in [9.17, 15) is 0 Å². The molecule has 0 aliphatic heterocycles. The SMILES string of the molecule is c1cc(-c2ccc(-c3cccc4c3sc3c5ccccc5ccc43)cc2)cc(-c2ccc3c4ccccc4c4ccccc4c3c2)c1. The number of hydrogen-bond donors (Lipinski definition) is 0. The van der Waals surface area contributed by atoms with Gasteiger partial charge in [0.1, 0.15) is 0 Å². The minimum atomic E-state index is 1.22. The summed E-state index contributed by atoms with van der Waals surface area (Å²) in [5.41, 5.74) is 7.46. The summed E-state index contributed by atoms with van der Waals surface area (Å²) in [6.07, 6.45) is 0. The van der Waals surface area contributed by atoms with Crippen LogP contribution >= 0.6 is 11.3 Å². The van der Waals surface area contributed by atoms with Gasteiger partial charge in [0.15, 0.2) is 0 Å². The Hall–Kier alpha value is -5.76. The maximum Gasteiger partial charge on any atom is 0.0434 e. The smallest absolute Gasteiger partial charge is 0.0434 e. The van der Waals surface area contributed by atoms with Crippen LogP contribution in [0.5, 0.6) is 0 Å². The summed E-state index contributed by atoms with van der Waals surface area (Å²) < 4.78 is 2.72. The lowest BCUT2D eigenvalue weighted by atomic mass is 9.91. The third kappa shape index (κ3) is 4.14. The van der Waals surface area contributed by atoms with Gasteiger partial charge in [-0.25, -0.2) is 0 Å². The molecule has 0 amide bonds. The molecule has 0 N–H and O–H groups in total. The van der Waals surface area contributed by atoms with Crippen LogP contribution in [0.2, 0.25) is 0 Å². The highest BCUT2D eigenvalue weighted by Crippen LogP contribution is 2.43. The van der Waals surface area contributed by atoms with E-state index in [2.05, 4.69) is 170 Å².